The minimum Gasteiger partial charge on any atom is -0.342 e. The first-order valence-corrected chi connectivity index (χ1v) is 9.33. The average Bonchev–Trinajstić information content (AvgIpc) is 3.23. The van der Waals surface area contributed by atoms with Crippen LogP contribution in [0.25, 0.3) is 33.5 Å². The lowest BCUT2D eigenvalue weighted by Crippen LogP contribution is -2.06. The van der Waals surface area contributed by atoms with Crippen molar-refractivity contribution in [1.82, 2.24) is 29.9 Å². The summed E-state index contributed by atoms with van der Waals surface area (Å²) in [4.78, 5) is 25.2. The molecule has 0 unspecified atom stereocenters. The largest absolute Gasteiger partial charge is 0.342 e. The summed E-state index contributed by atoms with van der Waals surface area (Å²) in [7, 11) is 0. The monoisotopic (exact) mass is 384 g/mol. The summed E-state index contributed by atoms with van der Waals surface area (Å²) < 4.78 is 13.8. The smallest absolute Gasteiger partial charge is 0.180 e. The lowest BCUT2D eigenvalue weighted by Gasteiger charge is -2.17. The van der Waals surface area contributed by atoms with Gasteiger partial charge in [-0.1, -0.05) is 13.0 Å². The van der Waals surface area contributed by atoms with Crippen molar-refractivity contribution in [3.8, 4) is 11.4 Å². The van der Waals surface area contributed by atoms with Crippen LogP contribution in [0.2, 0.25) is 0 Å². The number of nitrogens with one attached hydrogen (secondary N) is 1. The Hall–Kier alpha value is -3.74. The minimum atomic E-state index is -0.305. The molecule has 0 bridgehead atoms. The third-order valence-electron chi connectivity index (χ3n) is 5.05. The van der Waals surface area contributed by atoms with Gasteiger partial charge in [0.05, 0.1) is 28.9 Å². The second kappa shape index (κ2) is 7.01. The molecule has 29 heavy (non-hydrogen) atoms. The summed E-state index contributed by atoms with van der Waals surface area (Å²) in [5, 5.41) is 0.891. The van der Waals surface area contributed by atoms with E-state index in [0.717, 1.165) is 33.5 Å². The molecule has 0 saturated carbocycles. The van der Waals surface area contributed by atoms with E-state index in [0.29, 0.717) is 17.6 Å². The Morgan fingerprint density at radius 1 is 1.03 bits per heavy atom. The first kappa shape index (κ1) is 17.4. The third kappa shape index (κ3) is 3.20. The molecule has 0 saturated heterocycles. The Balaban J connectivity index is 1.64. The normalized spacial score (nSPS) is 12.5. The first-order chi connectivity index (χ1) is 14.2. The average molecular weight is 384 g/mol. The van der Waals surface area contributed by atoms with Crippen molar-refractivity contribution < 1.29 is 4.39 Å². The number of aromatic amines is 1. The molecule has 0 aliphatic heterocycles. The standard InChI is InChI=1S/C22H17FN6/c1-13(8-19-21-22(27-11-25-19)28-12-26-21)16-9-14-5-6-15(23)10-18(14)29-20(16)17-4-2-3-7-24-17/h2-7,9-13H,8H2,1H3,(H,25,26,27,28)/t13-/m1/s1. The van der Waals surface area contributed by atoms with Crippen molar-refractivity contribution in [2.24, 2.45) is 0 Å². The molecule has 0 aliphatic rings. The van der Waals surface area contributed by atoms with Crippen LogP contribution >= 0.6 is 0 Å². The Labute approximate surface area is 165 Å². The zero-order chi connectivity index (χ0) is 19.8. The summed E-state index contributed by atoms with van der Waals surface area (Å²) in [6.45, 7) is 2.13. The van der Waals surface area contributed by atoms with Gasteiger partial charge in [0.1, 0.15) is 17.7 Å². The second-order valence-electron chi connectivity index (χ2n) is 7.00. The van der Waals surface area contributed by atoms with E-state index in [1.165, 1.54) is 18.5 Å². The van der Waals surface area contributed by atoms with Crippen LogP contribution in [-0.2, 0) is 6.42 Å². The Bertz CT molecular complexity index is 1320. The van der Waals surface area contributed by atoms with Gasteiger partial charge in [-0.2, -0.15) is 0 Å². The maximum atomic E-state index is 13.8. The molecule has 142 valence electrons. The van der Waals surface area contributed by atoms with Crippen LogP contribution in [-0.4, -0.2) is 29.9 Å². The highest BCUT2D eigenvalue weighted by Crippen LogP contribution is 2.32. The zero-order valence-corrected chi connectivity index (χ0v) is 15.7. The number of hydrogen-bond donors (Lipinski definition) is 1. The number of benzene rings is 1. The molecule has 7 heteroatoms. The van der Waals surface area contributed by atoms with E-state index in [9.17, 15) is 4.39 Å². The number of rotatable bonds is 4. The van der Waals surface area contributed by atoms with Crippen LogP contribution in [0.15, 0.2) is 61.3 Å². The minimum absolute atomic E-state index is 0.0929. The number of H-pyrrole nitrogens is 1. The number of nitrogens with zero attached hydrogens (tertiary/aromatic N) is 5. The van der Waals surface area contributed by atoms with Crippen molar-refractivity contribution in [2.45, 2.75) is 19.3 Å². The van der Waals surface area contributed by atoms with Gasteiger partial charge in [-0.15, -0.1) is 0 Å². The van der Waals surface area contributed by atoms with Gasteiger partial charge in [-0.25, -0.2) is 24.3 Å². The molecule has 4 aromatic heterocycles. The highest BCUT2D eigenvalue weighted by molar-refractivity contribution is 5.83. The van der Waals surface area contributed by atoms with Gasteiger partial charge in [-0.05, 0) is 48.2 Å². The molecular formula is C22H17FN6. The van der Waals surface area contributed by atoms with Gasteiger partial charge in [0.2, 0.25) is 0 Å². The fraction of sp³-hybridized carbons (Fsp3) is 0.136. The summed E-state index contributed by atoms with van der Waals surface area (Å²) in [6.07, 6.45) is 5.57. The molecule has 0 radical (unpaired) electrons. The van der Waals surface area contributed by atoms with E-state index in [1.54, 1.807) is 18.6 Å². The molecule has 5 rings (SSSR count). The molecule has 4 heterocycles. The third-order valence-corrected chi connectivity index (χ3v) is 5.05. The number of imidazole rings is 1. The zero-order valence-electron chi connectivity index (χ0n) is 15.7. The molecule has 5 aromatic rings. The van der Waals surface area contributed by atoms with E-state index >= 15 is 0 Å². The van der Waals surface area contributed by atoms with Crippen molar-refractivity contribution >= 4 is 22.1 Å². The maximum absolute atomic E-state index is 13.8. The number of aromatic nitrogens is 6. The molecule has 0 amide bonds. The molecule has 0 fully saturated rings. The van der Waals surface area contributed by atoms with E-state index < -0.39 is 0 Å². The summed E-state index contributed by atoms with van der Waals surface area (Å²) in [5.41, 5.74) is 5.55. The van der Waals surface area contributed by atoms with Gasteiger partial charge in [0, 0.05) is 17.6 Å². The fourth-order valence-corrected chi connectivity index (χ4v) is 3.61. The molecule has 6 nitrogen and oxygen atoms in total. The van der Waals surface area contributed by atoms with Crippen molar-refractivity contribution in [3.63, 3.8) is 0 Å². The number of halogens is 1. The molecule has 1 N–H and O–H groups in total. The van der Waals surface area contributed by atoms with Gasteiger partial charge < -0.3 is 4.98 Å². The van der Waals surface area contributed by atoms with Crippen LogP contribution in [0.1, 0.15) is 24.1 Å². The van der Waals surface area contributed by atoms with Crippen LogP contribution in [0, 0.1) is 5.82 Å². The number of pyridine rings is 2. The van der Waals surface area contributed by atoms with Crippen LogP contribution in [0.4, 0.5) is 4.39 Å². The van der Waals surface area contributed by atoms with E-state index in [-0.39, 0.29) is 11.7 Å². The Morgan fingerprint density at radius 2 is 1.97 bits per heavy atom. The van der Waals surface area contributed by atoms with Gasteiger partial charge in [-0.3, -0.25) is 4.98 Å². The molecule has 0 aliphatic carbocycles. The second-order valence-corrected chi connectivity index (χ2v) is 7.00. The van der Waals surface area contributed by atoms with Crippen LogP contribution in [0.3, 0.4) is 0 Å². The summed E-state index contributed by atoms with van der Waals surface area (Å²) >= 11 is 0. The predicted octanol–water partition coefficient (Wildman–Crippen LogP) is 4.45. The number of hydrogen-bond acceptors (Lipinski definition) is 5. The fourth-order valence-electron chi connectivity index (χ4n) is 3.61. The predicted molar refractivity (Wildman–Crippen MR) is 109 cm³/mol. The number of fused-ring (bicyclic) bond motifs is 2. The lowest BCUT2D eigenvalue weighted by atomic mass is 9.92. The van der Waals surface area contributed by atoms with Crippen LogP contribution in [0.5, 0.6) is 0 Å². The van der Waals surface area contributed by atoms with Crippen LogP contribution < -0.4 is 0 Å². The summed E-state index contributed by atoms with van der Waals surface area (Å²) in [6, 6.07) is 12.4. The highest BCUT2D eigenvalue weighted by Gasteiger charge is 2.19. The van der Waals surface area contributed by atoms with E-state index in [1.807, 2.05) is 18.2 Å². The quantitative estimate of drug-likeness (QED) is 0.495. The summed E-state index contributed by atoms with van der Waals surface area (Å²) in [5.74, 6) is -0.212. The van der Waals surface area contributed by atoms with Crippen molar-refractivity contribution in [3.05, 3.63) is 78.4 Å². The maximum Gasteiger partial charge on any atom is 0.180 e. The molecule has 0 spiro atoms. The van der Waals surface area contributed by atoms with Gasteiger partial charge in [0.25, 0.3) is 0 Å². The Morgan fingerprint density at radius 3 is 2.83 bits per heavy atom. The topological polar surface area (TPSA) is 80.2 Å². The van der Waals surface area contributed by atoms with E-state index in [2.05, 4.69) is 37.9 Å². The van der Waals surface area contributed by atoms with Gasteiger partial charge in [0.15, 0.2) is 5.65 Å². The SMILES string of the molecule is C[C@H](Cc1ncnc2nc[nH]c12)c1cc2ccc(F)cc2nc1-c1ccccn1. The van der Waals surface area contributed by atoms with Gasteiger partial charge >= 0.3 is 0 Å². The van der Waals surface area contributed by atoms with Crippen molar-refractivity contribution in [2.75, 3.05) is 0 Å². The lowest BCUT2D eigenvalue weighted by molar-refractivity contribution is 0.629. The Kier molecular flexibility index (Phi) is 4.20. The first-order valence-electron chi connectivity index (χ1n) is 9.33. The van der Waals surface area contributed by atoms with Crippen molar-refractivity contribution in [1.29, 1.82) is 0 Å². The van der Waals surface area contributed by atoms with E-state index in [4.69, 9.17) is 4.98 Å². The highest BCUT2D eigenvalue weighted by atomic mass is 19.1. The molecule has 1 aromatic carbocycles. The molecular weight excluding hydrogens is 367 g/mol. The molecule has 1 atom stereocenters.